The fourth-order valence-electron chi connectivity index (χ4n) is 13.5. The number of likely N-dealkylation sites (N-methyl/N-ethyl adjacent to an activating group) is 7. The third-order valence-electron chi connectivity index (χ3n) is 20.2. The van der Waals surface area contributed by atoms with Gasteiger partial charge in [-0.05, 0) is 87.8 Å². The second-order valence-electron chi connectivity index (χ2n) is 29.8. The Hall–Kier alpha value is -9.80. The number of hydrogen-bond donors (Lipinski definition) is 6. The summed E-state index contributed by atoms with van der Waals surface area (Å²) in [7, 11) is 10.9. The molecule has 0 aromatic heterocycles. The molecule has 0 radical (unpaired) electrons. The number of carbonyl (C=O) groups excluding carboxylic acids is 14. The van der Waals surface area contributed by atoms with Crippen molar-refractivity contribution in [3.05, 3.63) is 108 Å². The van der Waals surface area contributed by atoms with Crippen LogP contribution in [0.15, 0.2) is 91.0 Å². The van der Waals surface area contributed by atoms with Crippen molar-refractivity contribution in [1.29, 1.82) is 0 Å². The number of nitrogens with zero attached hydrogens (tertiary/aromatic N) is 9. The zero-order valence-electron chi connectivity index (χ0n) is 65.7. The van der Waals surface area contributed by atoms with Crippen LogP contribution in [0, 0.1) is 17.8 Å². The molecule has 2 aliphatic heterocycles. The van der Waals surface area contributed by atoms with E-state index in [-0.39, 0.29) is 44.1 Å². The minimum atomic E-state index is -1.81. The lowest BCUT2D eigenvalue weighted by atomic mass is 9.96. The third-order valence-corrected chi connectivity index (χ3v) is 20.2. The van der Waals surface area contributed by atoms with Crippen molar-refractivity contribution in [3.8, 4) is 0 Å². The van der Waals surface area contributed by atoms with Crippen molar-refractivity contribution in [2.45, 2.75) is 200 Å². The number of rotatable bonds is 18. The molecule has 2 aliphatic rings. The van der Waals surface area contributed by atoms with Crippen LogP contribution >= 0.6 is 0 Å². The molecule has 29 heteroatoms. The summed E-state index contributed by atoms with van der Waals surface area (Å²) in [6, 6.07) is 11.1. The van der Waals surface area contributed by atoms with Crippen molar-refractivity contribution in [2.75, 3.05) is 82.6 Å². The van der Waals surface area contributed by atoms with E-state index in [4.69, 9.17) is 0 Å². The molecule has 14 amide bonds. The summed E-state index contributed by atoms with van der Waals surface area (Å²) >= 11 is 0. The number of likely N-dealkylation sites (tertiary alicyclic amines) is 1. The smallest absolute Gasteiger partial charge is 0.246 e. The summed E-state index contributed by atoms with van der Waals surface area (Å²) in [6.07, 6.45) is -0.353. The predicted molar refractivity (Wildman–Crippen MR) is 402 cm³/mol. The summed E-state index contributed by atoms with van der Waals surface area (Å²) in [4.78, 5) is 216. The number of carbonyl (C=O) groups is 14. The van der Waals surface area contributed by atoms with Crippen molar-refractivity contribution >= 4 is 82.7 Å². The Labute approximate surface area is 630 Å². The van der Waals surface area contributed by atoms with Gasteiger partial charge in [0.2, 0.25) is 82.7 Å². The van der Waals surface area contributed by atoms with E-state index in [9.17, 15) is 53.1 Å². The number of hydrogen-bond acceptors (Lipinski definition) is 15. The van der Waals surface area contributed by atoms with E-state index in [1.807, 2.05) is 13.8 Å². The molecule has 2 fully saturated rings. The Bertz CT molecular complexity index is 3580. The molecular weight excluding hydrogens is 1370 g/mol. The van der Waals surface area contributed by atoms with Gasteiger partial charge >= 0.3 is 0 Å². The molecule has 12 atom stereocenters. The lowest BCUT2D eigenvalue weighted by molar-refractivity contribution is -0.154. The first-order valence-electron chi connectivity index (χ1n) is 37.0. The van der Waals surface area contributed by atoms with Crippen LogP contribution in [0.2, 0.25) is 0 Å². The van der Waals surface area contributed by atoms with Gasteiger partial charge in [0.05, 0.1) is 19.1 Å². The van der Waals surface area contributed by atoms with Crippen molar-refractivity contribution in [2.24, 2.45) is 17.8 Å². The highest BCUT2D eigenvalue weighted by Crippen LogP contribution is 2.24. The van der Waals surface area contributed by atoms with Gasteiger partial charge in [-0.25, -0.2) is 0 Å². The van der Waals surface area contributed by atoms with Crippen LogP contribution in [0.5, 0.6) is 0 Å². The highest BCUT2D eigenvalue weighted by Gasteiger charge is 2.44. The highest BCUT2D eigenvalue weighted by atomic mass is 16.3. The monoisotopic (exact) mass is 1490 g/mol. The van der Waals surface area contributed by atoms with E-state index < -0.39 is 181 Å². The molecule has 5 rings (SSSR count). The largest absolute Gasteiger partial charge is 0.391 e. The minimum Gasteiger partial charge on any atom is -0.391 e. The van der Waals surface area contributed by atoms with Crippen LogP contribution in [0.25, 0.3) is 0 Å². The standard InChI is InChI=1S/C78H116N14O15/c1-47(2)41-60-77(106)91(18)67(49(5)6)78(107)86(13)52(9)68(97)81-58(74(103)89(16)61(44-56-35-27-21-28-36-56)76(105)87(14)59(43-55-33-25-20-26-34-55)69(98)79-51(8)73(102)92-38-29-22-30-39-92)45-64(96)84(11)40-37-63(95)85(12)46-62(94)83-65(53(10)93)70(99)82-57(42-54-31-23-19-24-32-54)75(104)90(17)66(48(3)4)71(100)80-50(7)72(101)88(60)15/h19-21,23-28,31-36,47-53,57-61,65-67,93H,22,29-30,37-46H2,1-18H3,(H,79,98)(H,80,100)(H,81,97)(H,82,99)(H,83,94)/t50-,51-,52-,53+,57-,58-,59-,60-,61-,65-,66-,67-/m0/s1. The molecule has 2 heterocycles. The highest BCUT2D eigenvalue weighted by molar-refractivity contribution is 6.01. The first-order valence-corrected chi connectivity index (χ1v) is 37.0. The molecule has 3 aromatic rings. The zero-order chi connectivity index (χ0) is 80.0. The Balaban J connectivity index is 1.59. The Morgan fingerprint density at radius 1 is 0.542 bits per heavy atom. The topological polar surface area (TPSA) is 349 Å². The normalized spacial score (nSPS) is 23.1. The van der Waals surface area contributed by atoms with E-state index in [1.54, 1.807) is 131 Å². The number of piperidine rings is 1. The fourth-order valence-corrected chi connectivity index (χ4v) is 13.5. The van der Waals surface area contributed by atoms with Crippen LogP contribution < -0.4 is 26.6 Å². The minimum absolute atomic E-state index is 0.0127. The SMILES string of the molecule is CC(C)C[C@H]1C(=O)N(C)[C@@H](C(C)C)C(=O)N(C)[C@@H](C)C(=O)N[C@H](C(=O)N(C)[C@@H](Cc2ccccc2)C(=O)N(C)[C@@H](Cc2ccccc2)C(=O)N[C@@H](C)C(=O)N2CCCCC2)CC(=O)N(C)CCC(=O)N(C)CC(=O)N[C@@H]([C@@H](C)O)C(=O)N[C@@H](Cc2ccccc2)C(=O)N(C)[C@@H](C(C)C)C(=O)N[C@@H](C)C(=O)N1C. The van der Waals surface area contributed by atoms with E-state index in [2.05, 4.69) is 26.6 Å². The molecule has 588 valence electrons. The van der Waals surface area contributed by atoms with Crippen LogP contribution in [0.3, 0.4) is 0 Å². The molecule has 107 heavy (non-hydrogen) atoms. The first-order chi connectivity index (χ1) is 50.3. The maximum atomic E-state index is 15.6. The molecule has 0 bridgehead atoms. The molecule has 0 saturated carbocycles. The third kappa shape index (κ3) is 24.4. The van der Waals surface area contributed by atoms with Gasteiger partial charge in [0.25, 0.3) is 0 Å². The maximum absolute atomic E-state index is 15.6. The lowest BCUT2D eigenvalue weighted by Crippen LogP contribution is -2.62. The van der Waals surface area contributed by atoms with Gasteiger partial charge in [0, 0.05) is 102 Å². The van der Waals surface area contributed by atoms with Crippen LogP contribution in [0.1, 0.15) is 124 Å². The van der Waals surface area contributed by atoms with Crippen molar-refractivity contribution in [3.63, 3.8) is 0 Å². The second-order valence-corrected chi connectivity index (χ2v) is 29.8. The summed E-state index contributed by atoms with van der Waals surface area (Å²) in [5, 5.41) is 24.4. The quantitative estimate of drug-likeness (QED) is 0.105. The fraction of sp³-hybridized carbons (Fsp3) is 0.590. The summed E-state index contributed by atoms with van der Waals surface area (Å²) in [6.45, 7) is 16.1. The maximum Gasteiger partial charge on any atom is 0.246 e. The molecule has 2 saturated heterocycles. The number of benzene rings is 3. The molecule has 0 spiro atoms. The average molecular weight is 1490 g/mol. The van der Waals surface area contributed by atoms with Crippen molar-refractivity contribution in [1.82, 2.24) is 70.7 Å². The Morgan fingerprint density at radius 3 is 1.59 bits per heavy atom. The van der Waals surface area contributed by atoms with E-state index >= 15 is 19.2 Å². The average Bonchev–Trinajstić information content (AvgIpc) is 0.806. The molecule has 3 aromatic carbocycles. The number of aliphatic hydroxyl groups excluding tert-OH is 1. The van der Waals surface area contributed by atoms with Gasteiger partial charge < -0.3 is 75.8 Å². The number of amides is 14. The summed E-state index contributed by atoms with van der Waals surface area (Å²) in [5.74, 6) is -12.0. The van der Waals surface area contributed by atoms with Crippen LogP contribution in [0.4, 0.5) is 0 Å². The Morgan fingerprint density at radius 2 is 1.07 bits per heavy atom. The van der Waals surface area contributed by atoms with Crippen LogP contribution in [-0.4, -0.2) is 287 Å². The van der Waals surface area contributed by atoms with Gasteiger partial charge in [-0.3, -0.25) is 67.1 Å². The van der Waals surface area contributed by atoms with E-state index in [0.717, 1.165) is 43.8 Å². The lowest BCUT2D eigenvalue weighted by Gasteiger charge is -2.39. The first kappa shape index (κ1) is 87.8. The molecule has 0 unspecified atom stereocenters. The molecule has 6 N–H and O–H groups in total. The zero-order valence-corrected chi connectivity index (χ0v) is 65.7. The van der Waals surface area contributed by atoms with E-state index in [0.29, 0.717) is 29.8 Å². The van der Waals surface area contributed by atoms with E-state index in [1.165, 1.54) is 91.9 Å². The van der Waals surface area contributed by atoms with Gasteiger partial charge in [-0.2, -0.15) is 0 Å². The van der Waals surface area contributed by atoms with Gasteiger partial charge in [-0.15, -0.1) is 0 Å². The second kappa shape index (κ2) is 40.8. The summed E-state index contributed by atoms with van der Waals surface area (Å²) in [5.41, 5.74) is 1.85. The van der Waals surface area contributed by atoms with Gasteiger partial charge in [-0.1, -0.05) is 133 Å². The Kier molecular flexibility index (Phi) is 33.5. The van der Waals surface area contributed by atoms with Gasteiger partial charge in [0.15, 0.2) is 0 Å². The predicted octanol–water partition coefficient (Wildman–Crippen LogP) is 1.62. The van der Waals surface area contributed by atoms with Crippen LogP contribution in [-0.2, 0) is 86.4 Å². The number of nitrogens with one attached hydrogen (secondary N) is 5. The molecule has 0 aliphatic carbocycles. The van der Waals surface area contributed by atoms with Gasteiger partial charge in [0.1, 0.15) is 66.5 Å². The molecule has 29 nitrogen and oxygen atoms in total. The molecular formula is C78H116N14O15. The van der Waals surface area contributed by atoms with Crippen molar-refractivity contribution < 1.29 is 72.2 Å². The number of aliphatic hydroxyl groups is 1. The summed E-state index contributed by atoms with van der Waals surface area (Å²) < 4.78 is 0.